The van der Waals surface area contributed by atoms with Gasteiger partial charge in [0.1, 0.15) is 11.4 Å². The lowest BCUT2D eigenvalue weighted by atomic mass is 10.1. The highest BCUT2D eigenvalue weighted by Gasteiger charge is 2.36. The first kappa shape index (κ1) is 23.2. The number of hydrogen-bond donors (Lipinski definition) is 0. The maximum absolute atomic E-state index is 13.3. The van der Waals surface area contributed by atoms with Gasteiger partial charge in [0.2, 0.25) is 11.9 Å². The minimum Gasteiger partial charge on any atom is -0.475 e. The minimum absolute atomic E-state index is 0.0623. The fraction of sp³-hybridized carbons (Fsp3) is 0.400. The molecule has 7 nitrogen and oxygen atoms in total. The highest BCUT2D eigenvalue weighted by atomic mass is 32.1. The maximum Gasteiger partial charge on any atom is 0.270 e. The lowest BCUT2D eigenvalue weighted by molar-refractivity contribution is 0.0854. The molecule has 0 aliphatic carbocycles. The second-order valence-electron chi connectivity index (χ2n) is 8.49. The molecule has 9 heteroatoms. The van der Waals surface area contributed by atoms with Gasteiger partial charge in [-0.05, 0) is 49.4 Å². The molecule has 1 aromatic carbocycles. The summed E-state index contributed by atoms with van der Waals surface area (Å²) in [6, 6.07) is 11.4. The van der Waals surface area contributed by atoms with Crippen molar-refractivity contribution < 1.29 is 19.1 Å². The van der Waals surface area contributed by atoms with Gasteiger partial charge in [0.15, 0.2) is 5.13 Å². The van der Waals surface area contributed by atoms with Crippen LogP contribution in [0.4, 0.5) is 5.13 Å². The largest absolute Gasteiger partial charge is 0.475 e. The van der Waals surface area contributed by atoms with Gasteiger partial charge in [-0.25, -0.2) is 4.98 Å². The van der Waals surface area contributed by atoms with Gasteiger partial charge < -0.3 is 9.47 Å². The number of ketones is 1. The van der Waals surface area contributed by atoms with Gasteiger partial charge in [-0.3, -0.25) is 19.4 Å². The van der Waals surface area contributed by atoms with Crippen LogP contribution < -0.4 is 9.64 Å². The molecule has 5 rings (SSSR count). The number of carbonyl (C=O) groups excluding carboxylic acids is 2. The van der Waals surface area contributed by atoms with E-state index in [4.69, 9.17) is 14.5 Å². The third kappa shape index (κ3) is 4.65. The Kier molecular flexibility index (Phi) is 7.05. The van der Waals surface area contributed by atoms with Gasteiger partial charge >= 0.3 is 0 Å². The van der Waals surface area contributed by atoms with Crippen LogP contribution in [0.25, 0.3) is 0 Å². The second-order valence-corrected chi connectivity index (χ2v) is 10.3. The molecule has 2 aliphatic heterocycles. The smallest absolute Gasteiger partial charge is 0.270 e. The number of Topliss-reactive ketones (excluding diaryl/α,β-unsaturated/α-hetero) is 1. The van der Waals surface area contributed by atoms with Gasteiger partial charge in [-0.15, -0.1) is 22.7 Å². The topological polar surface area (TPSA) is 72.0 Å². The summed E-state index contributed by atoms with van der Waals surface area (Å²) in [4.78, 5) is 35.8. The van der Waals surface area contributed by atoms with Crippen molar-refractivity contribution in [2.24, 2.45) is 0 Å². The average molecular weight is 498 g/mol. The molecule has 0 saturated carbocycles. The summed E-state index contributed by atoms with van der Waals surface area (Å²) in [5.41, 5.74) is 1.12. The van der Waals surface area contributed by atoms with E-state index in [0.717, 1.165) is 32.5 Å². The van der Waals surface area contributed by atoms with Crippen LogP contribution in [-0.4, -0.2) is 61.0 Å². The number of rotatable bonds is 9. The van der Waals surface area contributed by atoms with Crippen molar-refractivity contribution in [2.75, 3.05) is 38.3 Å². The summed E-state index contributed by atoms with van der Waals surface area (Å²) in [5.74, 6) is 0.421. The molecule has 1 unspecified atom stereocenters. The number of methoxy groups -OCH3 is 1. The Bertz CT molecular complexity index is 1150. The van der Waals surface area contributed by atoms with E-state index in [1.54, 1.807) is 24.1 Å². The molecule has 1 saturated heterocycles. The van der Waals surface area contributed by atoms with Gasteiger partial charge in [0.25, 0.3) is 5.91 Å². The fourth-order valence-corrected chi connectivity index (χ4v) is 6.16. The van der Waals surface area contributed by atoms with E-state index >= 15 is 0 Å². The zero-order chi connectivity index (χ0) is 23.5. The van der Waals surface area contributed by atoms with Crippen LogP contribution in [0.15, 0.2) is 47.2 Å². The number of thiazole rings is 1. The number of carbonyl (C=O) groups is 2. The van der Waals surface area contributed by atoms with Crippen molar-refractivity contribution in [1.82, 2.24) is 9.88 Å². The van der Waals surface area contributed by atoms with E-state index in [2.05, 4.69) is 4.90 Å². The molecule has 2 aromatic heterocycles. The van der Waals surface area contributed by atoms with Crippen LogP contribution in [0.5, 0.6) is 5.75 Å². The molecule has 1 fully saturated rings. The number of para-hydroxylation sites is 1. The van der Waals surface area contributed by atoms with E-state index in [9.17, 15) is 9.59 Å². The molecule has 0 N–H and O–H groups in total. The number of thiophene rings is 1. The van der Waals surface area contributed by atoms with Crippen molar-refractivity contribution in [3.63, 3.8) is 0 Å². The summed E-state index contributed by atoms with van der Waals surface area (Å²) in [5, 5.41) is 4.32. The number of likely N-dealkylation sites (tertiary alicyclic amines) is 1. The molecular formula is C25H27N3O4S2. The van der Waals surface area contributed by atoms with Crippen molar-refractivity contribution in [3.05, 3.63) is 63.3 Å². The Balaban J connectivity index is 1.32. The maximum atomic E-state index is 13.3. The molecule has 1 amide bonds. The molecule has 2 aliphatic rings. The second kappa shape index (κ2) is 10.4. The molecule has 178 valence electrons. The van der Waals surface area contributed by atoms with E-state index in [-0.39, 0.29) is 11.7 Å². The number of ether oxygens (including phenoxy) is 2. The average Bonchev–Trinajstić information content (AvgIpc) is 3.65. The standard InChI is InChI=1S/C25H27N3O4S2/c1-31-15-17-7-4-11-27(17)12-6-13-28(24(30)21-10-5-14-33-21)25-26-19(16-34-25)23-22(29)18-8-2-3-9-20(18)32-23/h2-3,5,8-10,14,16-17,23H,4,6-7,11-13,15H2,1H3/t17?,23-/m0/s1. The molecule has 0 bridgehead atoms. The van der Waals surface area contributed by atoms with Crippen LogP contribution in [0.2, 0.25) is 0 Å². The Hall–Kier alpha value is -2.59. The van der Waals surface area contributed by atoms with Gasteiger partial charge in [-0.1, -0.05) is 18.2 Å². The molecular weight excluding hydrogens is 470 g/mol. The third-order valence-corrected chi connectivity index (χ3v) is 8.05. The van der Waals surface area contributed by atoms with Crippen molar-refractivity contribution in [2.45, 2.75) is 31.4 Å². The fourth-order valence-electron chi connectivity index (χ4n) is 4.63. The zero-order valence-electron chi connectivity index (χ0n) is 19.0. The SMILES string of the molecule is COCC1CCCN1CCCN(C(=O)c1cccs1)c1nc([C@@H]2Oc3ccccc3C2=O)cs1. The number of hydrogen-bond acceptors (Lipinski definition) is 8. The normalized spacial score (nSPS) is 19.9. The lowest BCUT2D eigenvalue weighted by Crippen LogP contribution is -2.37. The Morgan fingerprint density at radius 2 is 2.15 bits per heavy atom. The Labute approximate surface area is 206 Å². The first-order chi connectivity index (χ1) is 16.7. The molecule has 2 atom stereocenters. The lowest BCUT2D eigenvalue weighted by Gasteiger charge is -2.25. The van der Waals surface area contributed by atoms with Crippen LogP contribution >= 0.6 is 22.7 Å². The predicted octanol–water partition coefficient (Wildman–Crippen LogP) is 4.67. The van der Waals surface area contributed by atoms with Crippen LogP contribution in [0, 0.1) is 0 Å². The predicted molar refractivity (Wildman–Crippen MR) is 133 cm³/mol. The van der Waals surface area contributed by atoms with Gasteiger partial charge in [0.05, 0.1) is 17.0 Å². The Morgan fingerprint density at radius 1 is 1.26 bits per heavy atom. The van der Waals surface area contributed by atoms with Crippen molar-refractivity contribution >= 4 is 39.5 Å². The summed E-state index contributed by atoms with van der Waals surface area (Å²) >= 11 is 2.80. The summed E-state index contributed by atoms with van der Waals surface area (Å²) in [7, 11) is 1.75. The molecule has 3 aromatic rings. The highest BCUT2D eigenvalue weighted by Crippen LogP contribution is 2.38. The molecule has 34 heavy (non-hydrogen) atoms. The molecule has 0 radical (unpaired) electrons. The van der Waals surface area contributed by atoms with E-state index in [1.807, 2.05) is 35.0 Å². The minimum atomic E-state index is -0.763. The molecule has 4 heterocycles. The summed E-state index contributed by atoms with van der Waals surface area (Å²) in [6.45, 7) is 3.26. The third-order valence-electron chi connectivity index (χ3n) is 6.31. The first-order valence-corrected chi connectivity index (χ1v) is 13.3. The zero-order valence-corrected chi connectivity index (χ0v) is 20.6. The first-order valence-electron chi connectivity index (χ1n) is 11.5. The van der Waals surface area contributed by atoms with Crippen molar-refractivity contribution in [1.29, 1.82) is 0 Å². The quantitative estimate of drug-likeness (QED) is 0.428. The number of aromatic nitrogens is 1. The van der Waals surface area contributed by atoms with Crippen molar-refractivity contribution in [3.8, 4) is 5.75 Å². The van der Waals surface area contributed by atoms with Crippen LogP contribution in [0.3, 0.4) is 0 Å². The van der Waals surface area contributed by atoms with Crippen LogP contribution in [0.1, 0.15) is 51.1 Å². The van der Waals surface area contributed by atoms with Crippen LogP contribution in [-0.2, 0) is 4.74 Å². The molecule has 0 spiro atoms. The van der Waals surface area contributed by atoms with Gasteiger partial charge in [0, 0.05) is 31.6 Å². The van der Waals surface area contributed by atoms with E-state index in [1.165, 1.54) is 29.1 Å². The number of fused-ring (bicyclic) bond motifs is 1. The monoisotopic (exact) mass is 497 g/mol. The number of nitrogens with zero attached hydrogens (tertiary/aromatic N) is 3. The van der Waals surface area contributed by atoms with E-state index < -0.39 is 6.10 Å². The summed E-state index contributed by atoms with van der Waals surface area (Å²) in [6.07, 6.45) is 2.40. The highest BCUT2D eigenvalue weighted by molar-refractivity contribution is 7.14. The number of amides is 1. The Morgan fingerprint density at radius 3 is 2.94 bits per heavy atom. The number of anilines is 1. The van der Waals surface area contributed by atoms with Gasteiger partial charge in [-0.2, -0.15) is 0 Å². The van der Waals surface area contributed by atoms with E-state index in [0.29, 0.717) is 39.6 Å². The number of benzene rings is 1. The summed E-state index contributed by atoms with van der Waals surface area (Å²) < 4.78 is 11.3.